The molecule has 0 amide bonds. The number of para-hydroxylation sites is 2. The van der Waals surface area contributed by atoms with Gasteiger partial charge >= 0.3 is 0 Å². The Hall–Kier alpha value is -2.53. The van der Waals surface area contributed by atoms with Gasteiger partial charge in [-0.15, -0.1) is 0 Å². The lowest BCUT2D eigenvalue weighted by atomic mass is 10.1. The van der Waals surface area contributed by atoms with Gasteiger partial charge in [-0.2, -0.15) is 0 Å². The number of ether oxygens (including phenoxy) is 1. The highest BCUT2D eigenvalue weighted by Gasteiger charge is 2.09. The molecule has 21 heavy (non-hydrogen) atoms. The van der Waals surface area contributed by atoms with Gasteiger partial charge in [0.1, 0.15) is 5.52 Å². The van der Waals surface area contributed by atoms with E-state index in [1.807, 2.05) is 42.5 Å². The molecule has 2 aromatic carbocycles. The van der Waals surface area contributed by atoms with E-state index >= 15 is 0 Å². The molecule has 5 nitrogen and oxygen atoms in total. The second kappa shape index (κ2) is 5.85. The number of nitrogens with zero attached hydrogens (tertiary/aromatic N) is 1. The monoisotopic (exact) mass is 283 g/mol. The number of hydrogen-bond acceptors (Lipinski definition) is 5. The molecule has 108 valence electrons. The van der Waals surface area contributed by atoms with Crippen LogP contribution in [0.2, 0.25) is 0 Å². The maximum atomic E-state index is 6.06. The Morgan fingerprint density at radius 1 is 1.24 bits per heavy atom. The molecule has 0 bridgehead atoms. The topological polar surface area (TPSA) is 73.3 Å². The van der Waals surface area contributed by atoms with Gasteiger partial charge in [-0.1, -0.05) is 12.1 Å². The first-order valence-electron chi connectivity index (χ1n) is 6.76. The summed E-state index contributed by atoms with van der Waals surface area (Å²) in [5, 5.41) is 3.22. The van der Waals surface area contributed by atoms with Crippen LogP contribution in [0.25, 0.3) is 22.6 Å². The molecule has 0 spiro atoms. The normalized spacial score (nSPS) is 10.9. The second-order valence-corrected chi connectivity index (χ2v) is 4.71. The molecule has 0 aliphatic rings. The fourth-order valence-corrected chi connectivity index (χ4v) is 2.14. The minimum Gasteiger partial charge on any atom is -0.436 e. The molecule has 3 N–H and O–H groups in total. The highest BCUT2D eigenvalue weighted by Crippen LogP contribution is 2.28. The molecule has 3 rings (SSSR count). The van der Waals surface area contributed by atoms with Gasteiger partial charge in [0.2, 0.25) is 5.89 Å². The summed E-state index contributed by atoms with van der Waals surface area (Å²) >= 11 is 0. The van der Waals surface area contributed by atoms with Crippen LogP contribution in [0.15, 0.2) is 46.9 Å². The van der Waals surface area contributed by atoms with Crippen molar-refractivity contribution in [2.75, 3.05) is 31.3 Å². The van der Waals surface area contributed by atoms with Crippen LogP contribution >= 0.6 is 0 Å². The SMILES string of the molecule is COCCNc1ccc(-c2nc3ccccc3o2)cc1N. The smallest absolute Gasteiger partial charge is 0.227 e. The Bertz CT molecular complexity index is 719. The number of oxazole rings is 1. The average Bonchev–Trinajstić information content (AvgIpc) is 2.93. The lowest BCUT2D eigenvalue weighted by Crippen LogP contribution is -2.09. The van der Waals surface area contributed by atoms with Crippen LogP contribution in [0.3, 0.4) is 0 Å². The molecule has 5 heteroatoms. The number of benzene rings is 2. The first kappa shape index (κ1) is 13.5. The Morgan fingerprint density at radius 2 is 2.10 bits per heavy atom. The Balaban J connectivity index is 1.87. The molecule has 0 aliphatic heterocycles. The Kier molecular flexibility index (Phi) is 3.75. The summed E-state index contributed by atoms with van der Waals surface area (Å²) in [7, 11) is 1.67. The molecule has 0 fully saturated rings. The van der Waals surface area contributed by atoms with E-state index < -0.39 is 0 Å². The van der Waals surface area contributed by atoms with Gasteiger partial charge < -0.3 is 20.2 Å². The molecule has 3 aromatic rings. The average molecular weight is 283 g/mol. The summed E-state index contributed by atoms with van der Waals surface area (Å²) in [5.74, 6) is 0.575. The third kappa shape index (κ3) is 2.83. The standard InChI is InChI=1S/C16H17N3O2/c1-20-9-8-18-13-7-6-11(10-12(13)17)16-19-14-4-2-3-5-15(14)21-16/h2-7,10,18H,8-9,17H2,1H3. The number of nitrogen functional groups attached to an aromatic ring is 1. The number of fused-ring (bicyclic) bond motifs is 1. The van der Waals surface area contributed by atoms with Crippen LogP contribution in [0.4, 0.5) is 11.4 Å². The molecule has 0 saturated heterocycles. The molecule has 0 unspecified atom stereocenters. The van der Waals surface area contributed by atoms with Crippen molar-refractivity contribution in [3.05, 3.63) is 42.5 Å². The molecule has 0 aliphatic carbocycles. The summed E-state index contributed by atoms with van der Waals surface area (Å²) in [6.45, 7) is 1.34. The van der Waals surface area contributed by atoms with Crippen LogP contribution in [0, 0.1) is 0 Å². The zero-order valence-electron chi connectivity index (χ0n) is 11.8. The second-order valence-electron chi connectivity index (χ2n) is 4.71. The number of rotatable bonds is 5. The van der Waals surface area contributed by atoms with Crippen molar-refractivity contribution >= 4 is 22.5 Å². The number of methoxy groups -OCH3 is 1. The minimum atomic E-state index is 0.575. The molecule has 0 saturated carbocycles. The van der Waals surface area contributed by atoms with Gasteiger partial charge in [0.25, 0.3) is 0 Å². The summed E-state index contributed by atoms with van der Waals surface area (Å²) in [5.41, 5.74) is 10.1. The first-order valence-corrected chi connectivity index (χ1v) is 6.76. The summed E-state index contributed by atoms with van der Waals surface area (Å²) in [6, 6.07) is 13.4. The molecule has 0 atom stereocenters. The van der Waals surface area contributed by atoms with E-state index in [0.29, 0.717) is 24.7 Å². The van der Waals surface area contributed by atoms with Crippen molar-refractivity contribution in [2.45, 2.75) is 0 Å². The van der Waals surface area contributed by atoms with Gasteiger partial charge in [-0.25, -0.2) is 4.98 Å². The Morgan fingerprint density at radius 3 is 2.86 bits per heavy atom. The maximum Gasteiger partial charge on any atom is 0.227 e. The zero-order chi connectivity index (χ0) is 14.7. The predicted molar refractivity (Wildman–Crippen MR) is 84.2 cm³/mol. The molecule has 1 aromatic heterocycles. The molecule has 0 radical (unpaired) electrons. The molecular weight excluding hydrogens is 266 g/mol. The number of nitrogens with one attached hydrogen (secondary N) is 1. The maximum absolute atomic E-state index is 6.06. The lowest BCUT2D eigenvalue weighted by molar-refractivity contribution is 0.211. The highest BCUT2D eigenvalue weighted by molar-refractivity contribution is 5.78. The number of hydrogen-bond donors (Lipinski definition) is 2. The third-order valence-electron chi connectivity index (χ3n) is 3.21. The van der Waals surface area contributed by atoms with Crippen molar-refractivity contribution in [2.24, 2.45) is 0 Å². The fourth-order valence-electron chi connectivity index (χ4n) is 2.14. The van der Waals surface area contributed by atoms with E-state index in [2.05, 4.69) is 10.3 Å². The highest BCUT2D eigenvalue weighted by atomic mass is 16.5. The van der Waals surface area contributed by atoms with Crippen LogP contribution in [-0.2, 0) is 4.74 Å². The number of nitrogens with two attached hydrogens (primary N) is 1. The van der Waals surface area contributed by atoms with E-state index in [4.69, 9.17) is 14.9 Å². The minimum absolute atomic E-state index is 0.575. The molecular formula is C16H17N3O2. The number of aromatic nitrogens is 1. The van der Waals surface area contributed by atoms with Crippen molar-refractivity contribution in [3.63, 3.8) is 0 Å². The van der Waals surface area contributed by atoms with Crippen LogP contribution in [0.1, 0.15) is 0 Å². The quantitative estimate of drug-likeness (QED) is 0.556. The van der Waals surface area contributed by atoms with Crippen molar-refractivity contribution in [3.8, 4) is 11.5 Å². The summed E-state index contributed by atoms with van der Waals surface area (Å²) in [4.78, 5) is 4.47. The fraction of sp³-hybridized carbons (Fsp3) is 0.188. The third-order valence-corrected chi connectivity index (χ3v) is 3.21. The van der Waals surface area contributed by atoms with Crippen LogP contribution < -0.4 is 11.1 Å². The van der Waals surface area contributed by atoms with E-state index in [0.717, 1.165) is 22.4 Å². The molecule has 1 heterocycles. The van der Waals surface area contributed by atoms with Gasteiger partial charge in [0.15, 0.2) is 5.58 Å². The van der Waals surface area contributed by atoms with Gasteiger partial charge in [0, 0.05) is 19.2 Å². The van der Waals surface area contributed by atoms with Crippen LogP contribution in [0.5, 0.6) is 0 Å². The van der Waals surface area contributed by atoms with Crippen molar-refractivity contribution < 1.29 is 9.15 Å². The predicted octanol–water partition coefficient (Wildman–Crippen LogP) is 3.14. The van der Waals surface area contributed by atoms with Crippen molar-refractivity contribution in [1.82, 2.24) is 4.98 Å². The number of anilines is 2. The van der Waals surface area contributed by atoms with E-state index in [1.54, 1.807) is 7.11 Å². The summed E-state index contributed by atoms with van der Waals surface area (Å²) in [6.07, 6.45) is 0. The lowest BCUT2D eigenvalue weighted by Gasteiger charge is -2.09. The summed E-state index contributed by atoms with van der Waals surface area (Å²) < 4.78 is 10.7. The van der Waals surface area contributed by atoms with Gasteiger partial charge in [-0.05, 0) is 30.3 Å². The van der Waals surface area contributed by atoms with Crippen LogP contribution in [-0.4, -0.2) is 25.2 Å². The Labute approximate surface area is 122 Å². The first-order chi connectivity index (χ1) is 10.3. The van der Waals surface area contributed by atoms with Gasteiger partial charge in [0.05, 0.1) is 18.0 Å². The van der Waals surface area contributed by atoms with Gasteiger partial charge in [-0.3, -0.25) is 0 Å². The van der Waals surface area contributed by atoms with E-state index in [9.17, 15) is 0 Å². The largest absolute Gasteiger partial charge is 0.436 e. The van der Waals surface area contributed by atoms with E-state index in [1.165, 1.54) is 0 Å². The van der Waals surface area contributed by atoms with Crippen molar-refractivity contribution in [1.29, 1.82) is 0 Å². The van der Waals surface area contributed by atoms with E-state index in [-0.39, 0.29) is 0 Å². The zero-order valence-corrected chi connectivity index (χ0v) is 11.8.